The van der Waals surface area contributed by atoms with Gasteiger partial charge in [-0.05, 0) is 62.8 Å². The lowest BCUT2D eigenvalue weighted by Gasteiger charge is -2.30. The van der Waals surface area contributed by atoms with Crippen LogP contribution in [0.3, 0.4) is 0 Å². The minimum atomic E-state index is 0.240. The highest BCUT2D eigenvalue weighted by Crippen LogP contribution is 2.44. The van der Waals surface area contributed by atoms with E-state index in [0.29, 0.717) is 6.04 Å². The highest BCUT2D eigenvalue weighted by Gasteiger charge is 2.39. The van der Waals surface area contributed by atoms with Crippen LogP contribution >= 0.6 is 12.2 Å². The predicted octanol–water partition coefficient (Wildman–Crippen LogP) is 2.23. The molecule has 0 aliphatic heterocycles. The Morgan fingerprint density at radius 1 is 1.26 bits per heavy atom. The van der Waals surface area contributed by atoms with Crippen molar-refractivity contribution in [1.82, 2.24) is 15.5 Å². The molecule has 0 amide bonds. The quantitative estimate of drug-likeness (QED) is 0.757. The van der Waals surface area contributed by atoms with Gasteiger partial charge < -0.3 is 15.5 Å². The molecule has 0 saturated heterocycles. The Balaban J connectivity index is 1.70. The first-order valence-electron chi connectivity index (χ1n) is 7.55. The van der Waals surface area contributed by atoms with E-state index in [0.717, 1.165) is 30.0 Å². The lowest BCUT2D eigenvalue weighted by Crippen LogP contribution is -2.48. The van der Waals surface area contributed by atoms with Crippen molar-refractivity contribution >= 4 is 17.3 Å². The maximum Gasteiger partial charge on any atom is 0.166 e. The molecule has 3 nitrogen and oxygen atoms in total. The summed E-state index contributed by atoms with van der Waals surface area (Å²) < 4.78 is 0. The summed E-state index contributed by atoms with van der Waals surface area (Å²) >= 11 is 5.45. The van der Waals surface area contributed by atoms with E-state index in [2.05, 4.69) is 43.5 Å². The standard InChI is InChI=1S/C15H29N3S/c1-15(2,10-18(3)4)9-16-14(19)17-13-8-11-5-6-12(13)7-11/h11-13H,5-10H2,1-4H3,(H2,16,17,19). The third-order valence-corrected chi connectivity index (χ3v) is 4.79. The van der Waals surface area contributed by atoms with Gasteiger partial charge in [-0.2, -0.15) is 0 Å². The van der Waals surface area contributed by atoms with Gasteiger partial charge in [-0.15, -0.1) is 0 Å². The molecule has 0 aromatic heterocycles. The van der Waals surface area contributed by atoms with Crippen molar-refractivity contribution in [1.29, 1.82) is 0 Å². The highest BCUT2D eigenvalue weighted by atomic mass is 32.1. The third-order valence-electron chi connectivity index (χ3n) is 4.53. The summed E-state index contributed by atoms with van der Waals surface area (Å²) in [7, 11) is 4.24. The van der Waals surface area contributed by atoms with Crippen molar-refractivity contribution in [2.45, 2.75) is 45.6 Å². The summed E-state index contributed by atoms with van der Waals surface area (Å²) in [5, 5.41) is 7.80. The SMILES string of the molecule is CN(C)CC(C)(C)CNC(=S)NC1CC2CCC1C2. The molecule has 2 rings (SSSR count). The first-order valence-corrected chi connectivity index (χ1v) is 7.96. The Morgan fingerprint density at radius 3 is 2.53 bits per heavy atom. The number of nitrogens with one attached hydrogen (secondary N) is 2. The maximum absolute atomic E-state index is 5.45. The number of hydrogen-bond donors (Lipinski definition) is 2. The topological polar surface area (TPSA) is 27.3 Å². The van der Waals surface area contributed by atoms with E-state index in [-0.39, 0.29) is 5.41 Å². The second kappa shape index (κ2) is 5.96. The van der Waals surface area contributed by atoms with Crippen LogP contribution in [0.2, 0.25) is 0 Å². The molecular formula is C15H29N3S. The summed E-state index contributed by atoms with van der Waals surface area (Å²) in [6, 6.07) is 0.635. The molecule has 2 N–H and O–H groups in total. The molecule has 0 aromatic carbocycles. The normalized spacial score (nSPS) is 29.8. The molecule has 0 aromatic rings. The Labute approximate surface area is 123 Å². The molecule has 2 aliphatic rings. The first-order chi connectivity index (χ1) is 8.85. The van der Waals surface area contributed by atoms with Crippen LogP contribution in [-0.4, -0.2) is 43.2 Å². The molecular weight excluding hydrogens is 254 g/mol. The molecule has 3 unspecified atom stereocenters. The van der Waals surface area contributed by atoms with Gasteiger partial charge in [-0.25, -0.2) is 0 Å². The van der Waals surface area contributed by atoms with Crippen molar-refractivity contribution in [2.75, 3.05) is 27.2 Å². The van der Waals surface area contributed by atoms with Gasteiger partial charge in [0.1, 0.15) is 0 Å². The molecule has 3 atom stereocenters. The fraction of sp³-hybridized carbons (Fsp3) is 0.933. The van der Waals surface area contributed by atoms with E-state index in [1.165, 1.54) is 25.7 Å². The Hall–Kier alpha value is -0.350. The smallest absolute Gasteiger partial charge is 0.166 e. The van der Waals surface area contributed by atoms with E-state index >= 15 is 0 Å². The van der Waals surface area contributed by atoms with Gasteiger partial charge in [-0.1, -0.05) is 20.3 Å². The molecule has 2 fully saturated rings. The van der Waals surface area contributed by atoms with Crippen molar-refractivity contribution in [2.24, 2.45) is 17.3 Å². The van der Waals surface area contributed by atoms with Crippen molar-refractivity contribution in [3.63, 3.8) is 0 Å². The second-order valence-corrected chi connectivity index (χ2v) is 7.92. The molecule has 2 saturated carbocycles. The molecule has 4 heteroatoms. The van der Waals surface area contributed by atoms with Crippen LogP contribution in [0.25, 0.3) is 0 Å². The number of thiocarbonyl (C=S) groups is 1. The number of nitrogens with zero attached hydrogens (tertiary/aromatic N) is 1. The first kappa shape index (κ1) is 15.0. The number of rotatable bonds is 5. The van der Waals surface area contributed by atoms with Crippen LogP contribution in [0.5, 0.6) is 0 Å². The average molecular weight is 283 g/mol. The van der Waals surface area contributed by atoms with Crippen molar-refractivity contribution in [3.8, 4) is 0 Å². The largest absolute Gasteiger partial charge is 0.362 e. The van der Waals surface area contributed by atoms with Crippen LogP contribution in [0, 0.1) is 17.3 Å². The van der Waals surface area contributed by atoms with Crippen LogP contribution in [0.1, 0.15) is 39.5 Å². The van der Waals surface area contributed by atoms with E-state index in [4.69, 9.17) is 12.2 Å². The van der Waals surface area contributed by atoms with Gasteiger partial charge in [0.05, 0.1) is 0 Å². The van der Waals surface area contributed by atoms with Crippen LogP contribution in [0.15, 0.2) is 0 Å². The molecule has 0 radical (unpaired) electrons. The monoisotopic (exact) mass is 283 g/mol. The maximum atomic E-state index is 5.45. The third kappa shape index (κ3) is 4.32. The summed E-state index contributed by atoms with van der Waals surface area (Å²) in [6.45, 7) is 6.55. The number of hydrogen-bond acceptors (Lipinski definition) is 2. The van der Waals surface area contributed by atoms with Crippen molar-refractivity contribution in [3.05, 3.63) is 0 Å². The fourth-order valence-corrected chi connectivity index (χ4v) is 4.10. The van der Waals surface area contributed by atoms with E-state index in [1.54, 1.807) is 0 Å². The zero-order valence-corrected chi connectivity index (χ0v) is 13.6. The van der Waals surface area contributed by atoms with E-state index < -0.39 is 0 Å². The second-order valence-electron chi connectivity index (χ2n) is 7.51. The molecule has 2 aliphatic carbocycles. The molecule has 2 bridgehead atoms. The predicted molar refractivity (Wildman–Crippen MR) is 85.3 cm³/mol. The molecule has 0 spiro atoms. The molecule has 110 valence electrons. The van der Waals surface area contributed by atoms with Gasteiger partial charge in [0.25, 0.3) is 0 Å². The Kier molecular flexibility index (Phi) is 4.72. The zero-order chi connectivity index (χ0) is 14.0. The lowest BCUT2D eigenvalue weighted by atomic mass is 9.93. The Bertz CT molecular complexity index is 327. The summed E-state index contributed by atoms with van der Waals surface area (Å²) in [4.78, 5) is 2.23. The van der Waals surface area contributed by atoms with Gasteiger partial charge >= 0.3 is 0 Å². The van der Waals surface area contributed by atoms with E-state index in [1.807, 2.05) is 0 Å². The fourth-order valence-electron chi connectivity index (χ4n) is 3.87. The average Bonchev–Trinajstić information content (AvgIpc) is 2.86. The van der Waals surface area contributed by atoms with Gasteiger partial charge in [0.15, 0.2) is 5.11 Å². The lowest BCUT2D eigenvalue weighted by molar-refractivity contribution is 0.241. The summed E-state index contributed by atoms with van der Waals surface area (Å²) in [6.07, 6.45) is 5.59. The van der Waals surface area contributed by atoms with Gasteiger partial charge in [-0.3, -0.25) is 0 Å². The van der Waals surface area contributed by atoms with E-state index in [9.17, 15) is 0 Å². The van der Waals surface area contributed by atoms with Gasteiger partial charge in [0.2, 0.25) is 0 Å². The summed E-state index contributed by atoms with van der Waals surface area (Å²) in [5.41, 5.74) is 0.240. The zero-order valence-electron chi connectivity index (χ0n) is 12.8. The molecule has 0 heterocycles. The highest BCUT2D eigenvalue weighted by molar-refractivity contribution is 7.80. The van der Waals surface area contributed by atoms with Crippen molar-refractivity contribution < 1.29 is 0 Å². The minimum absolute atomic E-state index is 0.240. The summed E-state index contributed by atoms with van der Waals surface area (Å²) in [5.74, 6) is 1.84. The van der Waals surface area contributed by atoms with Crippen LogP contribution in [-0.2, 0) is 0 Å². The van der Waals surface area contributed by atoms with Crippen LogP contribution in [0.4, 0.5) is 0 Å². The van der Waals surface area contributed by atoms with Crippen LogP contribution < -0.4 is 10.6 Å². The number of fused-ring (bicyclic) bond motifs is 2. The minimum Gasteiger partial charge on any atom is -0.362 e. The molecule has 19 heavy (non-hydrogen) atoms. The van der Waals surface area contributed by atoms with Gasteiger partial charge in [0, 0.05) is 19.1 Å². The Morgan fingerprint density at radius 2 is 2.00 bits per heavy atom.